The van der Waals surface area contributed by atoms with Gasteiger partial charge in [0.05, 0.1) is 0 Å². The largest absolute Gasteiger partial charge is 0.353 e. The Kier molecular flexibility index (Phi) is 4.23. The van der Waals surface area contributed by atoms with E-state index >= 15 is 0 Å². The summed E-state index contributed by atoms with van der Waals surface area (Å²) >= 11 is 0. The van der Waals surface area contributed by atoms with Gasteiger partial charge in [-0.3, -0.25) is 9.59 Å². The van der Waals surface area contributed by atoms with Gasteiger partial charge in [-0.15, -0.1) is 0 Å². The lowest BCUT2D eigenvalue weighted by molar-refractivity contribution is -0.134. The molecule has 21 heavy (non-hydrogen) atoms. The van der Waals surface area contributed by atoms with E-state index in [1.807, 2.05) is 4.90 Å². The van der Waals surface area contributed by atoms with Crippen LogP contribution >= 0.6 is 0 Å². The van der Waals surface area contributed by atoms with Crippen LogP contribution in [0.25, 0.3) is 0 Å². The molecule has 0 unspecified atom stereocenters. The molecule has 0 aromatic heterocycles. The smallest absolute Gasteiger partial charge is 0.223 e. The summed E-state index contributed by atoms with van der Waals surface area (Å²) in [6.45, 7) is 5.26. The summed E-state index contributed by atoms with van der Waals surface area (Å²) in [4.78, 5) is 25.6. The van der Waals surface area contributed by atoms with Crippen molar-refractivity contribution < 1.29 is 9.59 Å². The van der Waals surface area contributed by atoms with E-state index in [0.717, 1.165) is 37.8 Å². The molecule has 2 amide bonds. The summed E-state index contributed by atoms with van der Waals surface area (Å²) in [7, 11) is 0. The van der Waals surface area contributed by atoms with Crippen LogP contribution in [-0.2, 0) is 9.59 Å². The van der Waals surface area contributed by atoms with Crippen LogP contribution in [-0.4, -0.2) is 35.8 Å². The van der Waals surface area contributed by atoms with Crippen molar-refractivity contribution in [2.75, 3.05) is 13.1 Å². The lowest BCUT2D eigenvalue weighted by Crippen LogP contribution is -2.46. The van der Waals surface area contributed by atoms with Crippen molar-refractivity contribution in [2.45, 2.75) is 58.4 Å². The number of nitrogens with zero attached hydrogens (tertiary/aromatic N) is 1. The highest BCUT2D eigenvalue weighted by atomic mass is 16.2. The summed E-state index contributed by atoms with van der Waals surface area (Å²) in [5.74, 6) is 2.92. The van der Waals surface area contributed by atoms with Crippen molar-refractivity contribution in [3.05, 3.63) is 0 Å². The third-order valence-corrected chi connectivity index (χ3v) is 6.12. The summed E-state index contributed by atoms with van der Waals surface area (Å²) in [5.41, 5.74) is 0. The fourth-order valence-electron chi connectivity index (χ4n) is 4.81. The van der Waals surface area contributed by atoms with Crippen LogP contribution in [0, 0.1) is 23.7 Å². The molecule has 4 nitrogen and oxygen atoms in total. The number of amides is 2. The summed E-state index contributed by atoms with van der Waals surface area (Å²) < 4.78 is 0. The Morgan fingerprint density at radius 3 is 2.33 bits per heavy atom. The van der Waals surface area contributed by atoms with Gasteiger partial charge in [-0.2, -0.15) is 0 Å². The molecule has 1 saturated heterocycles. The molecule has 3 rings (SSSR count). The van der Waals surface area contributed by atoms with Gasteiger partial charge in [-0.25, -0.2) is 0 Å². The minimum atomic E-state index is 0.0987. The first-order chi connectivity index (χ1) is 10.0. The van der Waals surface area contributed by atoms with Crippen molar-refractivity contribution in [2.24, 2.45) is 23.7 Å². The average molecular weight is 292 g/mol. The van der Waals surface area contributed by atoms with E-state index in [0.29, 0.717) is 12.0 Å². The Morgan fingerprint density at radius 1 is 1.10 bits per heavy atom. The van der Waals surface area contributed by atoms with Crippen LogP contribution in [0.1, 0.15) is 52.4 Å². The maximum Gasteiger partial charge on any atom is 0.223 e. The zero-order valence-electron chi connectivity index (χ0n) is 13.3. The predicted octanol–water partition coefficient (Wildman–Crippen LogP) is 2.19. The van der Waals surface area contributed by atoms with E-state index in [1.165, 1.54) is 25.7 Å². The van der Waals surface area contributed by atoms with E-state index in [2.05, 4.69) is 12.2 Å². The molecule has 1 heterocycles. The second-order valence-electron chi connectivity index (χ2n) is 7.42. The van der Waals surface area contributed by atoms with Crippen LogP contribution in [0.15, 0.2) is 0 Å². The van der Waals surface area contributed by atoms with Gasteiger partial charge in [0.1, 0.15) is 0 Å². The molecule has 0 aromatic rings. The van der Waals surface area contributed by atoms with E-state index < -0.39 is 0 Å². The number of carbonyl (C=O) groups excluding carboxylic acids is 2. The normalized spacial score (nSPS) is 34.0. The van der Waals surface area contributed by atoms with E-state index in [9.17, 15) is 9.59 Å². The van der Waals surface area contributed by atoms with Gasteiger partial charge in [0.2, 0.25) is 11.8 Å². The molecule has 4 atom stereocenters. The first-order valence-electron chi connectivity index (χ1n) is 8.60. The zero-order valence-corrected chi connectivity index (χ0v) is 13.3. The number of likely N-dealkylation sites (tertiary alicyclic amines) is 1. The molecule has 2 aliphatic carbocycles. The second kappa shape index (κ2) is 5.98. The highest BCUT2D eigenvalue weighted by Gasteiger charge is 2.42. The number of carbonyl (C=O) groups is 2. The lowest BCUT2D eigenvalue weighted by atomic mass is 9.83. The standard InChI is InChI=1S/C17H28N2O2/c1-11(16-10-13-3-4-15(16)9-13)18-17(21)14-5-7-19(8-6-14)12(2)20/h11,13-16H,3-10H2,1-2H3,(H,18,21)/t11-,13+,15+,16+/m1/s1. The molecular weight excluding hydrogens is 264 g/mol. The molecule has 1 N–H and O–H groups in total. The number of nitrogens with one attached hydrogen (secondary N) is 1. The molecule has 0 aromatic carbocycles. The molecule has 4 heteroatoms. The molecule has 3 aliphatic rings. The van der Waals surface area contributed by atoms with E-state index in [1.54, 1.807) is 6.92 Å². The van der Waals surface area contributed by atoms with Crippen molar-refractivity contribution in [1.82, 2.24) is 10.2 Å². The molecule has 3 fully saturated rings. The molecule has 118 valence electrons. The predicted molar refractivity (Wildman–Crippen MR) is 81.5 cm³/mol. The van der Waals surface area contributed by atoms with Gasteiger partial charge in [0, 0.05) is 32.0 Å². The third kappa shape index (κ3) is 3.09. The molecule has 1 aliphatic heterocycles. The number of fused-ring (bicyclic) bond motifs is 2. The number of piperidine rings is 1. The topological polar surface area (TPSA) is 49.4 Å². The molecule has 0 radical (unpaired) electrons. The number of hydrogen-bond donors (Lipinski definition) is 1. The van der Waals surface area contributed by atoms with Crippen LogP contribution in [0.5, 0.6) is 0 Å². The minimum Gasteiger partial charge on any atom is -0.353 e. The maximum absolute atomic E-state index is 12.4. The maximum atomic E-state index is 12.4. The van der Waals surface area contributed by atoms with Gasteiger partial charge in [0.25, 0.3) is 0 Å². The zero-order chi connectivity index (χ0) is 15.0. The second-order valence-corrected chi connectivity index (χ2v) is 7.42. The molecule has 2 bridgehead atoms. The third-order valence-electron chi connectivity index (χ3n) is 6.12. The average Bonchev–Trinajstić information content (AvgIpc) is 3.10. The van der Waals surface area contributed by atoms with Gasteiger partial charge in [-0.1, -0.05) is 6.42 Å². The summed E-state index contributed by atoms with van der Waals surface area (Å²) in [6, 6.07) is 0.318. The summed E-state index contributed by atoms with van der Waals surface area (Å²) in [5, 5.41) is 3.28. The fraction of sp³-hybridized carbons (Fsp3) is 0.882. The van der Waals surface area contributed by atoms with Gasteiger partial charge < -0.3 is 10.2 Å². The molecule has 2 saturated carbocycles. The van der Waals surface area contributed by atoms with Crippen molar-refractivity contribution in [1.29, 1.82) is 0 Å². The highest BCUT2D eigenvalue weighted by molar-refractivity contribution is 5.79. The first-order valence-corrected chi connectivity index (χ1v) is 8.60. The first kappa shape index (κ1) is 14.9. The monoisotopic (exact) mass is 292 g/mol. The Balaban J connectivity index is 1.47. The summed E-state index contributed by atoms with van der Waals surface area (Å²) in [6.07, 6.45) is 7.11. The number of hydrogen-bond acceptors (Lipinski definition) is 2. The Labute approximate surface area is 127 Å². The SMILES string of the molecule is CC(=O)N1CCC(C(=O)N[C@H](C)[C@@H]2C[C@H]3CC[C@H]2C3)CC1. The quantitative estimate of drug-likeness (QED) is 0.867. The van der Waals surface area contributed by atoms with Gasteiger partial charge in [0.15, 0.2) is 0 Å². The highest BCUT2D eigenvalue weighted by Crippen LogP contribution is 2.49. The molecule has 0 spiro atoms. The Hall–Kier alpha value is -1.06. The Bertz CT molecular complexity index is 415. The van der Waals surface area contributed by atoms with E-state index in [-0.39, 0.29) is 17.7 Å². The lowest BCUT2D eigenvalue weighted by Gasteiger charge is -2.33. The van der Waals surface area contributed by atoms with Gasteiger partial charge >= 0.3 is 0 Å². The fourth-order valence-corrected chi connectivity index (χ4v) is 4.81. The van der Waals surface area contributed by atoms with Crippen molar-refractivity contribution in [3.8, 4) is 0 Å². The van der Waals surface area contributed by atoms with Crippen molar-refractivity contribution in [3.63, 3.8) is 0 Å². The van der Waals surface area contributed by atoms with E-state index in [4.69, 9.17) is 0 Å². The van der Waals surface area contributed by atoms with Crippen LogP contribution < -0.4 is 5.32 Å². The molecular formula is C17H28N2O2. The van der Waals surface area contributed by atoms with Gasteiger partial charge in [-0.05, 0) is 56.8 Å². The Morgan fingerprint density at radius 2 is 1.81 bits per heavy atom. The van der Waals surface area contributed by atoms with Crippen LogP contribution in [0.4, 0.5) is 0 Å². The van der Waals surface area contributed by atoms with Crippen molar-refractivity contribution >= 4 is 11.8 Å². The number of rotatable bonds is 3. The van der Waals surface area contributed by atoms with Crippen LogP contribution in [0.2, 0.25) is 0 Å². The van der Waals surface area contributed by atoms with Crippen LogP contribution in [0.3, 0.4) is 0 Å². The minimum absolute atomic E-state index is 0.0987.